The Kier molecular flexibility index (Phi) is 2.66. The van der Waals surface area contributed by atoms with Crippen molar-refractivity contribution in [3.8, 4) is 5.75 Å². The summed E-state index contributed by atoms with van der Waals surface area (Å²) in [5.74, 6) is 0.924. The van der Waals surface area contributed by atoms with E-state index >= 15 is 0 Å². The molecule has 5 heteroatoms. The highest BCUT2D eigenvalue weighted by molar-refractivity contribution is 5.92. The molecule has 1 saturated heterocycles. The number of para-hydroxylation sites is 1. The summed E-state index contributed by atoms with van der Waals surface area (Å²) >= 11 is 0. The van der Waals surface area contributed by atoms with E-state index in [4.69, 9.17) is 4.74 Å². The van der Waals surface area contributed by atoms with Gasteiger partial charge in [-0.2, -0.15) is 0 Å². The number of ether oxygens (including phenoxy) is 1. The van der Waals surface area contributed by atoms with Crippen LogP contribution in [-0.2, 0) is 9.59 Å². The summed E-state index contributed by atoms with van der Waals surface area (Å²) in [5.41, 5.74) is 1.12. The number of hydrogen-bond donors (Lipinski definition) is 1. The predicted molar refractivity (Wildman–Crippen MR) is 64.3 cm³/mol. The first-order chi connectivity index (χ1) is 8.74. The van der Waals surface area contributed by atoms with Crippen LogP contribution in [0.3, 0.4) is 0 Å². The molecule has 94 valence electrons. The average molecular weight is 246 g/mol. The maximum absolute atomic E-state index is 11.7. The Morgan fingerprint density at radius 3 is 3.06 bits per heavy atom. The molecule has 2 aliphatic heterocycles. The Hall–Kier alpha value is -2.04. The highest BCUT2D eigenvalue weighted by Crippen LogP contribution is 2.33. The molecule has 1 aromatic rings. The van der Waals surface area contributed by atoms with Gasteiger partial charge in [0.1, 0.15) is 5.75 Å². The van der Waals surface area contributed by atoms with E-state index in [0.717, 1.165) is 11.3 Å². The summed E-state index contributed by atoms with van der Waals surface area (Å²) in [4.78, 5) is 24.6. The number of benzene rings is 1. The molecule has 18 heavy (non-hydrogen) atoms. The van der Waals surface area contributed by atoms with E-state index in [9.17, 15) is 9.59 Å². The number of piperazine rings is 1. The van der Waals surface area contributed by atoms with Crippen molar-refractivity contribution in [3.63, 3.8) is 0 Å². The highest BCUT2D eigenvalue weighted by atomic mass is 16.5. The smallest absolute Gasteiger partial charge is 0.242 e. The van der Waals surface area contributed by atoms with Gasteiger partial charge in [0, 0.05) is 18.0 Å². The van der Waals surface area contributed by atoms with Gasteiger partial charge in [-0.05, 0) is 6.07 Å². The van der Waals surface area contributed by atoms with Crippen molar-refractivity contribution < 1.29 is 14.3 Å². The molecule has 1 unspecified atom stereocenters. The van der Waals surface area contributed by atoms with E-state index in [2.05, 4.69) is 5.32 Å². The minimum Gasteiger partial charge on any atom is -0.493 e. The van der Waals surface area contributed by atoms with Gasteiger partial charge in [0.25, 0.3) is 0 Å². The van der Waals surface area contributed by atoms with Gasteiger partial charge in [-0.3, -0.25) is 9.59 Å². The van der Waals surface area contributed by atoms with Crippen molar-refractivity contribution in [3.05, 3.63) is 29.8 Å². The fourth-order valence-electron chi connectivity index (χ4n) is 2.42. The molecule has 0 radical (unpaired) electrons. The van der Waals surface area contributed by atoms with E-state index in [-0.39, 0.29) is 30.8 Å². The lowest BCUT2D eigenvalue weighted by Crippen LogP contribution is -2.52. The van der Waals surface area contributed by atoms with E-state index in [1.807, 2.05) is 24.3 Å². The second kappa shape index (κ2) is 4.33. The average Bonchev–Trinajstić information content (AvgIpc) is 2.78. The fourth-order valence-corrected chi connectivity index (χ4v) is 2.42. The number of fused-ring (bicyclic) bond motifs is 1. The van der Waals surface area contributed by atoms with Crippen LogP contribution in [0.5, 0.6) is 5.75 Å². The van der Waals surface area contributed by atoms with Crippen LogP contribution < -0.4 is 10.1 Å². The summed E-state index contributed by atoms with van der Waals surface area (Å²) in [5, 5.41) is 2.54. The molecule has 1 fully saturated rings. The van der Waals surface area contributed by atoms with Crippen LogP contribution in [0.15, 0.2) is 24.3 Å². The molecule has 1 atom stereocenters. The summed E-state index contributed by atoms with van der Waals surface area (Å²) in [6, 6.07) is 7.84. The number of carbonyl (C=O) groups is 2. The number of carbonyl (C=O) groups excluding carboxylic acids is 2. The lowest BCUT2D eigenvalue weighted by Gasteiger charge is -2.28. The van der Waals surface area contributed by atoms with Gasteiger partial charge >= 0.3 is 0 Å². The van der Waals surface area contributed by atoms with Crippen molar-refractivity contribution in [2.24, 2.45) is 0 Å². The van der Waals surface area contributed by atoms with Gasteiger partial charge in [-0.25, -0.2) is 0 Å². The quantitative estimate of drug-likeness (QED) is 0.806. The first-order valence-electron chi connectivity index (χ1n) is 6.00. The van der Waals surface area contributed by atoms with E-state index in [1.54, 1.807) is 4.90 Å². The fraction of sp³-hybridized carbons (Fsp3) is 0.385. The number of hydrogen-bond acceptors (Lipinski definition) is 3. The standard InChI is InChI=1S/C13H14N2O3/c16-12-7-15(13(17)5-14-12)6-9-8-18-11-4-2-1-3-10(9)11/h1-4,9H,5-8H2,(H,14,16). The van der Waals surface area contributed by atoms with E-state index in [0.29, 0.717) is 13.2 Å². The van der Waals surface area contributed by atoms with E-state index < -0.39 is 0 Å². The first kappa shape index (κ1) is 11.1. The number of amides is 2. The summed E-state index contributed by atoms with van der Waals surface area (Å²) in [7, 11) is 0. The minimum absolute atomic E-state index is 0.0287. The Labute approximate surface area is 105 Å². The molecule has 0 spiro atoms. The zero-order valence-corrected chi connectivity index (χ0v) is 9.89. The van der Waals surface area contributed by atoms with Gasteiger partial charge < -0.3 is 15.0 Å². The normalized spacial score (nSPS) is 22.4. The summed E-state index contributed by atoms with van der Waals surface area (Å²) in [6.45, 7) is 1.37. The minimum atomic E-state index is -0.0956. The van der Waals surface area contributed by atoms with Gasteiger partial charge in [-0.1, -0.05) is 18.2 Å². The molecule has 2 heterocycles. The second-order valence-electron chi connectivity index (χ2n) is 4.60. The molecule has 1 N–H and O–H groups in total. The Morgan fingerprint density at radius 1 is 1.33 bits per heavy atom. The third-order valence-corrected chi connectivity index (χ3v) is 3.36. The van der Waals surface area contributed by atoms with Crippen LogP contribution in [0.4, 0.5) is 0 Å². The predicted octanol–water partition coefficient (Wildman–Crippen LogP) is 0.121. The van der Waals surface area contributed by atoms with E-state index in [1.165, 1.54) is 0 Å². The van der Waals surface area contributed by atoms with Crippen molar-refractivity contribution in [1.29, 1.82) is 0 Å². The SMILES string of the molecule is O=C1CN(CC2COc3ccccc32)C(=O)CN1. The highest BCUT2D eigenvalue weighted by Gasteiger charge is 2.30. The zero-order chi connectivity index (χ0) is 12.5. The van der Waals surface area contributed by atoms with Crippen LogP contribution in [-0.4, -0.2) is 43.0 Å². The largest absolute Gasteiger partial charge is 0.493 e. The maximum Gasteiger partial charge on any atom is 0.242 e. The third-order valence-electron chi connectivity index (χ3n) is 3.36. The number of nitrogens with one attached hydrogen (secondary N) is 1. The van der Waals surface area contributed by atoms with Crippen LogP contribution in [0.25, 0.3) is 0 Å². The molecule has 0 saturated carbocycles. The lowest BCUT2D eigenvalue weighted by molar-refractivity contribution is -0.140. The molecular weight excluding hydrogens is 232 g/mol. The molecule has 0 bridgehead atoms. The zero-order valence-electron chi connectivity index (χ0n) is 9.89. The molecule has 3 rings (SSSR count). The molecule has 0 aromatic heterocycles. The third kappa shape index (κ3) is 1.92. The summed E-state index contributed by atoms with van der Waals surface area (Å²) < 4.78 is 5.58. The number of rotatable bonds is 2. The Morgan fingerprint density at radius 2 is 2.17 bits per heavy atom. The molecular formula is C13H14N2O3. The van der Waals surface area contributed by atoms with Gasteiger partial charge in [0.05, 0.1) is 19.7 Å². The van der Waals surface area contributed by atoms with Crippen LogP contribution in [0, 0.1) is 0 Å². The molecule has 5 nitrogen and oxygen atoms in total. The molecule has 2 aliphatic rings. The Balaban J connectivity index is 1.74. The van der Waals surface area contributed by atoms with Crippen LogP contribution in [0.1, 0.15) is 11.5 Å². The number of nitrogens with zero attached hydrogens (tertiary/aromatic N) is 1. The monoisotopic (exact) mass is 246 g/mol. The van der Waals surface area contributed by atoms with Gasteiger partial charge in [0.15, 0.2) is 0 Å². The van der Waals surface area contributed by atoms with Crippen molar-refractivity contribution in [1.82, 2.24) is 10.2 Å². The van der Waals surface area contributed by atoms with Crippen molar-refractivity contribution >= 4 is 11.8 Å². The molecule has 2 amide bonds. The second-order valence-corrected chi connectivity index (χ2v) is 4.60. The van der Waals surface area contributed by atoms with Crippen LogP contribution >= 0.6 is 0 Å². The maximum atomic E-state index is 11.7. The molecule has 0 aliphatic carbocycles. The topological polar surface area (TPSA) is 58.6 Å². The van der Waals surface area contributed by atoms with Crippen molar-refractivity contribution in [2.45, 2.75) is 5.92 Å². The van der Waals surface area contributed by atoms with Gasteiger partial charge in [0.2, 0.25) is 11.8 Å². The molecule has 1 aromatic carbocycles. The van der Waals surface area contributed by atoms with Crippen LogP contribution in [0.2, 0.25) is 0 Å². The Bertz CT molecular complexity index is 501. The lowest BCUT2D eigenvalue weighted by atomic mass is 10.0. The van der Waals surface area contributed by atoms with Gasteiger partial charge in [-0.15, -0.1) is 0 Å². The van der Waals surface area contributed by atoms with Crippen molar-refractivity contribution in [2.75, 3.05) is 26.2 Å². The first-order valence-corrected chi connectivity index (χ1v) is 6.00. The summed E-state index contributed by atoms with van der Waals surface area (Å²) in [6.07, 6.45) is 0.